The number of imide groups is 1. The summed E-state index contributed by atoms with van der Waals surface area (Å²) >= 11 is 11.7. The molecule has 5 nitrogen and oxygen atoms in total. The number of amides is 2. The molecule has 1 saturated heterocycles. The van der Waals surface area contributed by atoms with Crippen molar-refractivity contribution in [2.24, 2.45) is 10.2 Å². The minimum atomic E-state index is -0.997. The number of benzene rings is 1. The first-order valence-corrected chi connectivity index (χ1v) is 6.50. The normalized spacial score (nSPS) is 25.9. The molecular formula is C12H9Cl2N3O2. The van der Waals surface area contributed by atoms with Crippen LogP contribution < -0.4 is 4.90 Å². The van der Waals surface area contributed by atoms with Crippen LogP contribution in [0.5, 0.6) is 0 Å². The number of hydrogen-bond donors (Lipinski definition) is 0. The molecule has 2 heterocycles. The number of anilines is 1. The summed E-state index contributed by atoms with van der Waals surface area (Å²) in [6.07, 6.45) is 0.547. The molecule has 0 saturated carbocycles. The Morgan fingerprint density at radius 2 is 2.00 bits per heavy atom. The molecule has 2 amide bonds. The average Bonchev–Trinajstić information content (AvgIpc) is 2.91. The second kappa shape index (κ2) is 4.28. The van der Waals surface area contributed by atoms with E-state index in [9.17, 15) is 9.59 Å². The Hall–Kier alpha value is -1.46. The number of carbonyl (C=O) groups is 2. The highest BCUT2D eigenvalue weighted by molar-refractivity contribution is 6.42. The summed E-state index contributed by atoms with van der Waals surface area (Å²) in [5.74, 6) is -0.624. The molecule has 1 spiro atoms. The summed E-state index contributed by atoms with van der Waals surface area (Å²) in [4.78, 5) is 25.6. The minimum absolute atomic E-state index is 0.0651. The van der Waals surface area contributed by atoms with Gasteiger partial charge in [-0.25, -0.2) is 4.90 Å². The molecule has 0 aliphatic carbocycles. The molecule has 1 unspecified atom stereocenters. The molecule has 98 valence electrons. The third-order valence-corrected chi connectivity index (χ3v) is 4.08. The monoisotopic (exact) mass is 297 g/mol. The van der Waals surface area contributed by atoms with Crippen LogP contribution in [-0.4, -0.2) is 23.9 Å². The van der Waals surface area contributed by atoms with Crippen LogP contribution >= 0.6 is 23.2 Å². The van der Waals surface area contributed by atoms with Crippen molar-refractivity contribution in [1.29, 1.82) is 0 Å². The summed E-state index contributed by atoms with van der Waals surface area (Å²) < 4.78 is 0. The Balaban J connectivity index is 2.01. The molecule has 1 fully saturated rings. The maximum atomic E-state index is 12.4. The van der Waals surface area contributed by atoms with E-state index in [-0.39, 0.29) is 18.2 Å². The van der Waals surface area contributed by atoms with E-state index in [4.69, 9.17) is 23.2 Å². The number of azo groups is 1. The molecule has 0 aromatic heterocycles. The summed E-state index contributed by atoms with van der Waals surface area (Å²) in [7, 11) is 0. The second-order valence-corrected chi connectivity index (χ2v) is 5.37. The highest BCUT2D eigenvalue weighted by Gasteiger charge is 2.54. The van der Waals surface area contributed by atoms with E-state index >= 15 is 0 Å². The summed E-state index contributed by atoms with van der Waals surface area (Å²) in [5.41, 5.74) is -0.577. The maximum Gasteiger partial charge on any atom is 0.264 e. The van der Waals surface area contributed by atoms with Gasteiger partial charge >= 0.3 is 0 Å². The van der Waals surface area contributed by atoms with E-state index in [2.05, 4.69) is 10.2 Å². The largest absolute Gasteiger partial charge is 0.274 e. The van der Waals surface area contributed by atoms with Gasteiger partial charge in [0.05, 0.1) is 28.7 Å². The molecule has 0 bridgehead atoms. The van der Waals surface area contributed by atoms with Gasteiger partial charge in [-0.05, 0) is 18.2 Å². The summed E-state index contributed by atoms with van der Waals surface area (Å²) in [6.45, 7) is 0.480. The lowest BCUT2D eigenvalue weighted by atomic mass is 9.96. The van der Waals surface area contributed by atoms with Crippen molar-refractivity contribution in [3.05, 3.63) is 28.2 Å². The topological polar surface area (TPSA) is 62.1 Å². The Bertz CT molecular complexity index is 617. The van der Waals surface area contributed by atoms with Gasteiger partial charge in [0.2, 0.25) is 5.91 Å². The van der Waals surface area contributed by atoms with Crippen molar-refractivity contribution >= 4 is 40.7 Å². The number of hydrogen-bond acceptors (Lipinski definition) is 4. The first-order chi connectivity index (χ1) is 9.03. The van der Waals surface area contributed by atoms with Crippen LogP contribution in [0.25, 0.3) is 0 Å². The zero-order valence-electron chi connectivity index (χ0n) is 9.77. The Morgan fingerprint density at radius 1 is 1.21 bits per heavy atom. The van der Waals surface area contributed by atoms with E-state index in [0.717, 1.165) is 4.90 Å². The van der Waals surface area contributed by atoms with Crippen molar-refractivity contribution < 1.29 is 9.59 Å². The van der Waals surface area contributed by atoms with Crippen molar-refractivity contribution in [1.82, 2.24) is 0 Å². The minimum Gasteiger partial charge on any atom is -0.274 e. The first kappa shape index (κ1) is 12.6. The summed E-state index contributed by atoms with van der Waals surface area (Å²) in [5, 5.41) is 8.48. The molecular weight excluding hydrogens is 289 g/mol. The molecule has 0 N–H and O–H groups in total. The van der Waals surface area contributed by atoms with Crippen LogP contribution in [0.3, 0.4) is 0 Å². The van der Waals surface area contributed by atoms with Gasteiger partial charge < -0.3 is 0 Å². The number of halogens is 2. The lowest BCUT2D eigenvalue weighted by Crippen LogP contribution is -2.38. The Morgan fingerprint density at radius 3 is 2.63 bits per heavy atom. The average molecular weight is 298 g/mol. The third-order valence-electron chi connectivity index (χ3n) is 3.34. The van der Waals surface area contributed by atoms with Gasteiger partial charge in [0, 0.05) is 6.42 Å². The SMILES string of the molecule is O=C1CC2(CCN=N2)C(=O)N1c1ccc(Cl)c(Cl)c1. The fourth-order valence-corrected chi connectivity index (χ4v) is 2.65. The maximum absolute atomic E-state index is 12.4. The van der Waals surface area contributed by atoms with Gasteiger partial charge in [0.15, 0.2) is 5.54 Å². The lowest BCUT2D eigenvalue weighted by Gasteiger charge is -2.18. The van der Waals surface area contributed by atoms with Crippen LogP contribution in [0.15, 0.2) is 28.4 Å². The molecule has 2 aliphatic heterocycles. The number of rotatable bonds is 1. The highest BCUT2D eigenvalue weighted by Crippen LogP contribution is 2.38. The standard InChI is InChI=1S/C12H9Cl2N3O2/c13-8-2-1-7(5-9(8)14)17-10(18)6-12(11(17)19)3-4-15-16-12/h1-2,5H,3-4,6H2. The fraction of sp³-hybridized carbons (Fsp3) is 0.333. The van der Waals surface area contributed by atoms with Gasteiger partial charge in [0.25, 0.3) is 5.91 Å². The van der Waals surface area contributed by atoms with Crippen LogP contribution in [0.2, 0.25) is 10.0 Å². The van der Waals surface area contributed by atoms with E-state index in [1.807, 2.05) is 0 Å². The predicted molar refractivity (Wildman–Crippen MR) is 70.6 cm³/mol. The van der Waals surface area contributed by atoms with Gasteiger partial charge in [-0.2, -0.15) is 10.2 Å². The number of nitrogens with zero attached hydrogens (tertiary/aromatic N) is 3. The highest BCUT2D eigenvalue weighted by atomic mass is 35.5. The predicted octanol–water partition coefficient (Wildman–Crippen LogP) is 2.85. The fourth-order valence-electron chi connectivity index (χ4n) is 2.36. The van der Waals surface area contributed by atoms with E-state index in [1.165, 1.54) is 6.07 Å². The quantitative estimate of drug-likeness (QED) is 0.748. The third kappa shape index (κ3) is 1.84. The van der Waals surface area contributed by atoms with Gasteiger partial charge in [-0.1, -0.05) is 23.2 Å². The van der Waals surface area contributed by atoms with Crippen LogP contribution in [0, 0.1) is 0 Å². The Kier molecular flexibility index (Phi) is 2.83. The molecule has 2 aliphatic rings. The zero-order chi connectivity index (χ0) is 13.6. The molecule has 1 atom stereocenters. The van der Waals surface area contributed by atoms with E-state index < -0.39 is 5.54 Å². The van der Waals surface area contributed by atoms with Crippen LogP contribution in [0.4, 0.5) is 5.69 Å². The van der Waals surface area contributed by atoms with Crippen molar-refractivity contribution in [3.8, 4) is 0 Å². The van der Waals surface area contributed by atoms with E-state index in [1.54, 1.807) is 12.1 Å². The molecule has 19 heavy (non-hydrogen) atoms. The Labute approximate surface area is 119 Å². The molecule has 0 radical (unpaired) electrons. The zero-order valence-corrected chi connectivity index (χ0v) is 11.3. The van der Waals surface area contributed by atoms with Crippen LogP contribution in [0.1, 0.15) is 12.8 Å². The van der Waals surface area contributed by atoms with Crippen molar-refractivity contribution in [3.63, 3.8) is 0 Å². The smallest absolute Gasteiger partial charge is 0.264 e. The van der Waals surface area contributed by atoms with E-state index in [0.29, 0.717) is 28.7 Å². The van der Waals surface area contributed by atoms with Gasteiger partial charge in [0.1, 0.15) is 0 Å². The lowest BCUT2D eigenvalue weighted by molar-refractivity contribution is -0.122. The molecule has 1 aromatic carbocycles. The van der Waals surface area contributed by atoms with Gasteiger partial charge in [-0.3, -0.25) is 9.59 Å². The first-order valence-electron chi connectivity index (χ1n) is 5.75. The molecule has 1 aromatic rings. The summed E-state index contributed by atoms with van der Waals surface area (Å²) in [6, 6.07) is 4.65. The molecule has 3 rings (SSSR count). The van der Waals surface area contributed by atoms with Crippen molar-refractivity contribution in [2.75, 3.05) is 11.4 Å². The van der Waals surface area contributed by atoms with Gasteiger partial charge in [-0.15, -0.1) is 0 Å². The van der Waals surface area contributed by atoms with Crippen molar-refractivity contribution in [2.45, 2.75) is 18.4 Å². The second-order valence-electron chi connectivity index (χ2n) is 4.56. The van der Waals surface area contributed by atoms with Crippen LogP contribution in [-0.2, 0) is 9.59 Å². The molecule has 7 heteroatoms. The number of carbonyl (C=O) groups excluding carboxylic acids is 2.